The predicted molar refractivity (Wildman–Crippen MR) is 195 cm³/mol. The number of rotatable bonds is 3. The van der Waals surface area contributed by atoms with Crippen LogP contribution in [0.4, 0.5) is 0 Å². The quantitative estimate of drug-likeness (QED) is 0.201. The molecule has 0 fully saturated rings. The van der Waals surface area contributed by atoms with Crippen LogP contribution in [0.2, 0.25) is 0 Å². The van der Waals surface area contributed by atoms with Crippen molar-refractivity contribution >= 4 is 75.1 Å². The molecule has 0 spiro atoms. The van der Waals surface area contributed by atoms with E-state index in [1.165, 1.54) is 52.8 Å². The van der Waals surface area contributed by atoms with E-state index < -0.39 is 0 Å². The fourth-order valence-electron chi connectivity index (χ4n) is 7.21. The van der Waals surface area contributed by atoms with Crippen LogP contribution in [0, 0.1) is 0 Å². The van der Waals surface area contributed by atoms with E-state index >= 15 is 0 Å². The molecule has 3 aromatic heterocycles. The molecular weight excluding hydrogens is 579 g/mol. The van der Waals surface area contributed by atoms with E-state index in [-0.39, 0.29) is 0 Å². The zero-order valence-electron chi connectivity index (χ0n) is 24.7. The molecule has 0 aliphatic carbocycles. The van der Waals surface area contributed by atoms with Gasteiger partial charge in [0, 0.05) is 42.1 Å². The van der Waals surface area contributed by atoms with Gasteiger partial charge in [-0.3, -0.25) is 4.57 Å². The standard InChI is InChI=1S/C42H25N3S/c1-2-13-27(14-3-1)40-42(44-34-21-8-7-20-33(34)43-40)45-35-25-24-26-12-4-5-15-28(26)38(35)32-19-10-18-30(41(32)45)29-17-11-23-37-39(29)31-16-6-9-22-36(31)46-37/h1-25H. The molecule has 0 saturated carbocycles. The number of fused-ring (bicyclic) bond motifs is 9. The van der Waals surface area contributed by atoms with E-state index in [4.69, 9.17) is 9.97 Å². The Morgan fingerprint density at radius 1 is 0.457 bits per heavy atom. The van der Waals surface area contributed by atoms with Crippen LogP contribution < -0.4 is 0 Å². The predicted octanol–water partition coefficient (Wildman–Crippen LogP) is 11.6. The van der Waals surface area contributed by atoms with E-state index in [1.54, 1.807) is 0 Å². The molecule has 10 aromatic rings. The maximum Gasteiger partial charge on any atom is 0.165 e. The van der Waals surface area contributed by atoms with Gasteiger partial charge in [-0.1, -0.05) is 121 Å². The third-order valence-electron chi connectivity index (χ3n) is 9.18. The average molecular weight is 604 g/mol. The summed E-state index contributed by atoms with van der Waals surface area (Å²) >= 11 is 1.86. The molecule has 0 radical (unpaired) electrons. The Balaban J connectivity index is 1.43. The third kappa shape index (κ3) is 3.65. The molecule has 0 aliphatic rings. The smallest absolute Gasteiger partial charge is 0.165 e. The first-order chi connectivity index (χ1) is 22.8. The highest BCUT2D eigenvalue weighted by molar-refractivity contribution is 7.25. The number of nitrogens with zero attached hydrogens (tertiary/aromatic N) is 3. The van der Waals surface area contributed by atoms with Gasteiger partial charge < -0.3 is 0 Å². The zero-order chi connectivity index (χ0) is 30.2. The van der Waals surface area contributed by atoms with Crippen LogP contribution in [0.5, 0.6) is 0 Å². The van der Waals surface area contributed by atoms with Crippen molar-refractivity contribution in [3.63, 3.8) is 0 Å². The lowest BCUT2D eigenvalue weighted by Gasteiger charge is -2.16. The molecule has 3 nitrogen and oxygen atoms in total. The normalized spacial score (nSPS) is 11.9. The number of para-hydroxylation sites is 3. The molecule has 46 heavy (non-hydrogen) atoms. The van der Waals surface area contributed by atoms with Crippen molar-refractivity contribution in [2.45, 2.75) is 0 Å². The SMILES string of the molecule is c1ccc(-c2nc3ccccc3nc2-n2c3ccc4ccccc4c3c3cccc(-c4cccc5sc6ccccc6c45)c32)cc1. The molecule has 4 heteroatoms. The number of aromatic nitrogens is 3. The first-order valence-electron chi connectivity index (χ1n) is 15.5. The van der Waals surface area contributed by atoms with Crippen LogP contribution in [0.3, 0.4) is 0 Å². The molecule has 0 amide bonds. The van der Waals surface area contributed by atoms with Gasteiger partial charge in [-0.25, -0.2) is 9.97 Å². The largest absolute Gasteiger partial charge is 0.291 e. The minimum atomic E-state index is 0.829. The van der Waals surface area contributed by atoms with E-state index in [0.29, 0.717) is 0 Å². The molecule has 214 valence electrons. The van der Waals surface area contributed by atoms with Crippen LogP contribution >= 0.6 is 11.3 Å². The van der Waals surface area contributed by atoms with Crippen LogP contribution in [-0.4, -0.2) is 14.5 Å². The number of benzene rings is 7. The van der Waals surface area contributed by atoms with Crippen molar-refractivity contribution in [3.05, 3.63) is 152 Å². The summed E-state index contributed by atoms with van der Waals surface area (Å²) in [5.74, 6) is 0.829. The van der Waals surface area contributed by atoms with E-state index in [0.717, 1.165) is 39.1 Å². The highest BCUT2D eigenvalue weighted by Crippen LogP contribution is 2.46. The molecule has 0 N–H and O–H groups in total. The Kier molecular flexibility index (Phi) is 5.45. The van der Waals surface area contributed by atoms with E-state index in [2.05, 4.69) is 132 Å². The third-order valence-corrected chi connectivity index (χ3v) is 10.3. The number of hydrogen-bond acceptors (Lipinski definition) is 3. The van der Waals surface area contributed by atoms with Crippen molar-refractivity contribution < 1.29 is 0 Å². The maximum atomic E-state index is 5.41. The van der Waals surface area contributed by atoms with Gasteiger partial charge in [0.2, 0.25) is 0 Å². The van der Waals surface area contributed by atoms with Crippen molar-refractivity contribution in [2.75, 3.05) is 0 Å². The molecular formula is C42H25N3S. The summed E-state index contributed by atoms with van der Waals surface area (Å²) in [4.78, 5) is 10.7. The molecule has 0 atom stereocenters. The van der Waals surface area contributed by atoms with E-state index in [1.807, 2.05) is 35.6 Å². The van der Waals surface area contributed by atoms with Gasteiger partial charge in [0.15, 0.2) is 5.82 Å². The molecule has 0 unspecified atom stereocenters. The van der Waals surface area contributed by atoms with Crippen LogP contribution in [-0.2, 0) is 0 Å². The van der Waals surface area contributed by atoms with Crippen molar-refractivity contribution in [1.29, 1.82) is 0 Å². The maximum absolute atomic E-state index is 5.41. The van der Waals surface area contributed by atoms with Crippen LogP contribution in [0.1, 0.15) is 0 Å². The first-order valence-corrected chi connectivity index (χ1v) is 16.3. The minimum Gasteiger partial charge on any atom is -0.291 e. The fourth-order valence-corrected chi connectivity index (χ4v) is 8.34. The zero-order valence-corrected chi connectivity index (χ0v) is 25.5. The Hall–Kier alpha value is -5.84. The second-order valence-corrected chi connectivity index (χ2v) is 12.8. The van der Waals surface area contributed by atoms with Gasteiger partial charge in [-0.05, 0) is 46.7 Å². The summed E-state index contributed by atoms with van der Waals surface area (Å²) in [7, 11) is 0. The first kappa shape index (κ1) is 25.5. The summed E-state index contributed by atoms with van der Waals surface area (Å²) in [6, 6.07) is 54.0. The summed E-state index contributed by atoms with van der Waals surface area (Å²) in [5.41, 5.74) is 8.31. The summed E-state index contributed by atoms with van der Waals surface area (Å²) in [5, 5.41) is 7.47. The van der Waals surface area contributed by atoms with Gasteiger partial charge in [0.25, 0.3) is 0 Å². The van der Waals surface area contributed by atoms with Crippen molar-refractivity contribution in [2.24, 2.45) is 0 Å². The molecule has 10 rings (SSSR count). The van der Waals surface area contributed by atoms with Gasteiger partial charge in [-0.2, -0.15) is 0 Å². The Bertz CT molecular complexity index is 2810. The lowest BCUT2D eigenvalue weighted by atomic mass is 9.96. The molecule has 3 heterocycles. The summed E-state index contributed by atoms with van der Waals surface area (Å²) in [6.45, 7) is 0. The number of thiophene rings is 1. The van der Waals surface area contributed by atoms with Crippen molar-refractivity contribution in [1.82, 2.24) is 14.5 Å². The van der Waals surface area contributed by atoms with Gasteiger partial charge >= 0.3 is 0 Å². The second kappa shape index (κ2) is 9.83. The minimum absolute atomic E-state index is 0.829. The lowest BCUT2D eigenvalue weighted by molar-refractivity contribution is 1.08. The van der Waals surface area contributed by atoms with Crippen LogP contribution in [0.25, 0.3) is 92.0 Å². The monoisotopic (exact) mass is 603 g/mol. The van der Waals surface area contributed by atoms with E-state index in [9.17, 15) is 0 Å². The summed E-state index contributed by atoms with van der Waals surface area (Å²) < 4.78 is 4.97. The van der Waals surface area contributed by atoms with Gasteiger partial charge in [0.1, 0.15) is 5.69 Å². The fraction of sp³-hybridized carbons (Fsp3) is 0. The number of hydrogen-bond donors (Lipinski definition) is 0. The highest BCUT2D eigenvalue weighted by Gasteiger charge is 2.23. The lowest BCUT2D eigenvalue weighted by Crippen LogP contribution is -2.04. The Morgan fingerprint density at radius 3 is 2.02 bits per heavy atom. The average Bonchev–Trinajstić information content (AvgIpc) is 3.68. The van der Waals surface area contributed by atoms with Crippen LogP contribution in [0.15, 0.2) is 152 Å². The Labute approximate surface area is 268 Å². The molecule has 0 aliphatic heterocycles. The Morgan fingerprint density at radius 2 is 1.13 bits per heavy atom. The topological polar surface area (TPSA) is 30.7 Å². The molecule has 0 saturated heterocycles. The van der Waals surface area contributed by atoms with Crippen molar-refractivity contribution in [3.8, 4) is 28.2 Å². The highest BCUT2D eigenvalue weighted by atomic mass is 32.1. The van der Waals surface area contributed by atoms with Gasteiger partial charge in [-0.15, -0.1) is 11.3 Å². The molecule has 0 bridgehead atoms. The molecule has 7 aromatic carbocycles. The second-order valence-electron chi connectivity index (χ2n) is 11.7. The van der Waals surface area contributed by atoms with Gasteiger partial charge in [0.05, 0.1) is 22.1 Å². The summed E-state index contributed by atoms with van der Waals surface area (Å²) in [6.07, 6.45) is 0.